The third-order valence-corrected chi connectivity index (χ3v) is 13.7. The molecular weight excluding hydrogens is 893 g/mol. The SMILES string of the molecule is CC(C)(C)c1ccnc(-n2c3ccccc3c3ccc(Oc4cccc(-c5coc(C(Nc6c(-c7ccccc7)cccc6-c6ccccc6)c6c(-c7ccccc7)cccc6-c6ccccc6)n5)c4)cc32)c1. The second kappa shape index (κ2) is 19.2. The monoisotopic (exact) mass is 944 g/mol. The molecule has 0 amide bonds. The highest BCUT2D eigenvalue weighted by molar-refractivity contribution is 6.09. The van der Waals surface area contributed by atoms with Gasteiger partial charge in [-0.15, -0.1) is 0 Å². The quantitative estimate of drug-likeness (QED) is 0.132. The molecule has 9 aromatic carbocycles. The van der Waals surface area contributed by atoms with E-state index in [-0.39, 0.29) is 5.41 Å². The van der Waals surface area contributed by atoms with E-state index >= 15 is 0 Å². The van der Waals surface area contributed by atoms with E-state index in [9.17, 15) is 0 Å². The van der Waals surface area contributed by atoms with Crippen molar-refractivity contribution in [2.75, 3.05) is 5.32 Å². The zero-order chi connectivity index (χ0) is 49.3. The van der Waals surface area contributed by atoms with E-state index in [1.165, 1.54) is 5.56 Å². The Morgan fingerprint density at radius 2 is 1.00 bits per heavy atom. The molecule has 0 saturated carbocycles. The summed E-state index contributed by atoms with van der Waals surface area (Å²) in [6.07, 6.45) is 3.67. The number of aromatic nitrogens is 3. The number of pyridine rings is 1. The minimum atomic E-state index is -0.566. The lowest BCUT2D eigenvalue weighted by molar-refractivity contribution is 0.483. The fraction of sp³-hybridized carbons (Fsp3) is 0.0746. The Bertz CT molecular complexity index is 3780. The number of nitrogens with one attached hydrogen (secondary N) is 1. The summed E-state index contributed by atoms with van der Waals surface area (Å²) in [6.45, 7) is 6.69. The van der Waals surface area contributed by atoms with E-state index in [0.717, 1.165) is 88.9 Å². The summed E-state index contributed by atoms with van der Waals surface area (Å²) in [7, 11) is 0. The van der Waals surface area contributed by atoms with Gasteiger partial charge in [0.15, 0.2) is 0 Å². The van der Waals surface area contributed by atoms with Gasteiger partial charge >= 0.3 is 0 Å². The van der Waals surface area contributed by atoms with E-state index < -0.39 is 6.04 Å². The first-order valence-corrected chi connectivity index (χ1v) is 24.8. The zero-order valence-corrected chi connectivity index (χ0v) is 40.9. The first-order valence-electron chi connectivity index (χ1n) is 24.8. The van der Waals surface area contributed by atoms with Crippen molar-refractivity contribution in [1.82, 2.24) is 14.5 Å². The lowest BCUT2D eigenvalue weighted by Crippen LogP contribution is -2.17. The number of benzene rings is 9. The number of rotatable bonds is 12. The van der Waals surface area contributed by atoms with E-state index in [1.807, 2.05) is 30.5 Å². The van der Waals surface area contributed by atoms with Gasteiger partial charge in [0.2, 0.25) is 5.89 Å². The van der Waals surface area contributed by atoms with Gasteiger partial charge in [0, 0.05) is 39.7 Å². The number of para-hydroxylation sites is 2. The fourth-order valence-electron chi connectivity index (χ4n) is 10.1. The van der Waals surface area contributed by atoms with Gasteiger partial charge in [-0.3, -0.25) is 4.57 Å². The van der Waals surface area contributed by atoms with Crippen molar-refractivity contribution in [3.05, 3.63) is 266 Å². The molecule has 0 spiro atoms. The second-order valence-corrected chi connectivity index (χ2v) is 19.4. The van der Waals surface area contributed by atoms with Gasteiger partial charge < -0.3 is 14.5 Å². The predicted octanol–water partition coefficient (Wildman–Crippen LogP) is 17.8. The molecule has 0 bridgehead atoms. The summed E-state index contributed by atoms with van der Waals surface area (Å²) in [5.74, 6) is 2.78. The van der Waals surface area contributed by atoms with Crippen LogP contribution in [0, 0.1) is 0 Å². The van der Waals surface area contributed by atoms with E-state index in [0.29, 0.717) is 23.1 Å². The molecule has 12 aromatic rings. The Morgan fingerprint density at radius 3 is 1.62 bits per heavy atom. The minimum absolute atomic E-state index is 0.0325. The lowest BCUT2D eigenvalue weighted by Gasteiger charge is -2.27. The van der Waals surface area contributed by atoms with Gasteiger partial charge in [-0.05, 0) is 92.4 Å². The largest absolute Gasteiger partial charge is 0.457 e. The smallest absolute Gasteiger partial charge is 0.221 e. The molecular formula is C67H52N4O2. The molecule has 0 saturated heterocycles. The van der Waals surface area contributed by atoms with Gasteiger partial charge in [0.1, 0.15) is 35.3 Å². The predicted molar refractivity (Wildman–Crippen MR) is 299 cm³/mol. The molecule has 0 aliphatic rings. The number of hydrogen-bond donors (Lipinski definition) is 1. The summed E-state index contributed by atoms with van der Waals surface area (Å²) in [4.78, 5) is 10.3. The summed E-state index contributed by atoms with van der Waals surface area (Å²) in [5.41, 5.74) is 15.5. The molecule has 1 N–H and O–H groups in total. The first-order chi connectivity index (χ1) is 35.8. The van der Waals surface area contributed by atoms with Crippen molar-refractivity contribution in [3.63, 3.8) is 0 Å². The van der Waals surface area contributed by atoms with Crippen molar-refractivity contribution >= 4 is 27.5 Å². The molecule has 73 heavy (non-hydrogen) atoms. The van der Waals surface area contributed by atoms with Gasteiger partial charge in [0.05, 0.1) is 16.7 Å². The van der Waals surface area contributed by atoms with Crippen molar-refractivity contribution in [2.24, 2.45) is 0 Å². The molecule has 0 aliphatic heterocycles. The van der Waals surface area contributed by atoms with Crippen LogP contribution in [0.1, 0.15) is 43.8 Å². The highest BCUT2D eigenvalue weighted by atomic mass is 16.5. The van der Waals surface area contributed by atoms with E-state index in [2.05, 4.69) is 243 Å². The Hall–Kier alpha value is -9.26. The summed E-state index contributed by atoms with van der Waals surface area (Å²) >= 11 is 0. The molecule has 352 valence electrons. The Balaban J connectivity index is 0.979. The average molecular weight is 945 g/mol. The van der Waals surface area contributed by atoms with Crippen molar-refractivity contribution in [3.8, 4) is 73.1 Å². The second-order valence-electron chi connectivity index (χ2n) is 19.4. The van der Waals surface area contributed by atoms with Crippen LogP contribution in [-0.2, 0) is 5.41 Å². The Labute approximate surface area is 425 Å². The van der Waals surface area contributed by atoms with Crippen LogP contribution in [0.15, 0.2) is 253 Å². The summed E-state index contributed by atoms with van der Waals surface area (Å²) in [5, 5.41) is 6.43. The maximum atomic E-state index is 6.78. The van der Waals surface area contributed by atoms with Crippen molar-refractivity contribution < 1.29 is 9.15 Å². The van der Waals surface area contributed by atoms with E-state index in [4.69, 9.17) is 19.1 Å². The first kappa shape index (κ1) is 44.9. The highest BCUT2D eigenvalue weighted by Gasteiger charge is 2.29. The van der Waals surface area contributed by atoms with Crippen LogP contribution < -0.4 is 10.1 Å². The van der Waals surface area contributed by atoms with Crippen LogP contribution in [0.25, 0.3) is 83.4 Å². The van der Waals surface area contributed by atoms with Gasteiger partial charge in [-0.25, -0.2) is 9.97 Å². The Kier molecular flexibility index (Phi) is 11.8. The molecule has 0 radical (unpaired) electrons. The highest BCUT2D eigenvalue weighted by Crippen LogP contribution is 2.46. The number of nitrogens with zero attached hydrogens (tertiary/aromatic N) is 3. The zero-order valence-electron chi connectivity index (χ0n) is 40.9. The van der Waals surface area contributed by atoms with Crippen molar-refractivity contribution in [1.29, 1.82) is 0 Å². The topological polar surface area (TPSA) is 65.1 Å². The van der Waals surface area contributed by atoms with Crippen LogP contribution in [0.4, 0.5) is 5.69 Å². The maximum absolute atomic E-state index is 6.78. The van der Waals surface area contributed by atoms with Crippen LogP contribution >= 0.6 is 0 Å². The summed E-state index contributed by atoms with van der Waals surface area (Å²) in [6, 6.07) is 82.0. The Morgan fingerprint density at radius 1 is 0.479 bits per heavy atom. The molecule has 6 nitrogen and oxygen atoms in total. The van der Waals surface area contributed by atoms with Crippen LogP contribution in [-0.4, -0.2) is 14.5 Å². The van der Waals surface area contributed by atoms with Crippen molar-refractivity contribution in [2.45, 2.75) is 32.2 Å². The number of anilines is 1. The number of fused-ring (bicyclic) bond motifs is 3. The van der Waals surface area contributed by atoms with Crippen LogP contribution in [0.3, 0.4) is 0 Å². The lowest BCUT2D eigenvalue weighted by atomic mass is 9.86. The van der Waals surface area contributed by atoms with E-state index in [1.54, 1.807) is 6.26 Å². The summed E-state index contributed by atoms with van der Waals surface area (Å²) < 4.78 is 15.8. The molecule has 6 heteroatoms. The number of oxazole rings is 1. The molecule has 3 heterocycles. The average Bonchev–Trinajstić information content (AvgIpc) is 4.07. The minimum Gasteiger partial charge on any atom is -0.457 e. The number of ether oxygens (including phenoxy) is 1. The molecule has 1 atom stereocenters. The normalized spacial score (nSPS) is 12.0. The third-order valence-electron chi connectivity index (χ3n) is 13.7. The number of hydrogen-bond acceptors (Lipinski definition) is 5. The maximum Gasteiger partial charge on any atom is 0.221 e. The van der Waals surface area contributed by atoms with Gasteiger partial charge in [-0.2, -0.15) is 0 Å². The van der Waals surface area contributed by atoms with Gasteiger partial charge in [0.25, 0.3) is 0 Å². The molecule has 0 fully saturated rings. The van der Waals surface area contributed by atoms with Crippen LogP contribution in [0.2, 0.25) is 0 Å². The molecule has 3 aromatic heterocycles. The molecule has 12 rings (SSSR count). The van der Waals surface area contributed by atoms with Gasteiger partial charge in [-0.1, -0.05) is 209 Å². The third kappa shape index (κ3) is 8.85. The molecule has 1 unspecified atom stereocenters. The molecule has 0 aliphatic carbocycles. The fourth-order valence-corrected chi connectivity index (χ4v) is 10.1. The standard InChI is InChI=1S/C67H52N4O2/c1-67(2,3)50-39-40-68-62(42-50)71-60-36-17-16-31-57(60)58-38-37-52(43-61(58)71)73-51-30-18-29-49(41-51)59-44-72-66(69-59)65(63-53(45-21-8-4-9-22-45)32-19-33-54(63)46-23-10-5-11-24-46)70-64-55(47-25-12-6-13-26-47)34-20-35-56(64)48-27-14-7-15-28-48/h4-44,65,70H,1-3H3. The van der Waals surface area contributed by atoms with Crippen LogP contribution in [0.5, 0.6) is 11.5 Å².